The highest BCUT2D eigenvalue weighted by atomic mass is 19.4. The maximum atomic E-state index is 12.8. The van der Waals surface area contributed by atoms with E-state index < -0.39 is 17.7 Å². The molecule has 2 aromatic rings. The largest absolute Gasteiger partial charge is 0.478 e. The van der Waals surface area contributed by atoms with E-state index in [-0.39, 0.29) is 16.9 Å². The second kappa shape index (κ2) is 5.20. The number of aromatic nitrogens is 1. The number of nitrogens with one attached hydrogen (secondary N) is 1. The predicted molar refractivity (Wildman–Crippen MR) is 65.9 cm³/mol. The Labute approximate surface area is 111 Å². The number of carboxylic acids is 1. The van der Waals surface area contributed by atoms with Gasteiger partial charge in [-0.2, -0.15) is 13.2 Å². The van der Waals surface area contributed by atoms with E-state index in [0.29, 0.717) is 0 Å². The van der Waals surface area contributed by atoms with E-state index in [1.165, 1.54) is 30.5 Å². The van der Waals surface area contributed by atoms with Crippen LogP contribution in [-0.4, -0.2) is 16.1 Å². The summed E-state index contributed by atoms with van der Waals surface area (Å²) in [6.07, 6.45) is -2.11. The fourth-order valence-electron chi connectivity index (χ4n) is 1.66. The van der Waals surface area contributed by atoms with Crippen molar-refractivity contribution in [3.8, 4) is 0 Å². The Morgan fingerprint density at radius 1 is 1.15 bits per heavy atom. The Hall–Kier alpha value is -2.57. The second-order valence-electron chi connectivity index (χ2n) is 3.89. The van der Waals surface area contributed by atoms with Crippen molar-refractivity contribution >= 4 is 17.3 Å². The molecule has 0 saturated carbocycles. The molecule has 0 fully saturated rings. The lowest BCUT2D eigenvalue weighted by Gasteiger charge is -2.15. The number of pyridine rings is 1. The maximum Gasteiger partial charge on any atom is 0.418 e. The van der Waals surface area contributed by atoms with E-state index >= 15 is 0 Å². The Kier molecular flexibility index (Phi) is 3.60. The topological polar surface area (TPSA) is 62.2 Å². The van der Waals surface area contributed by atoms with E-state index in [1.807, 2.05) is 0 Å². The zero-order valence-electron chi connectivity index (χ0n) is 9.98. The lowest BCUT2D eigenvalue weighted by Crippen LogP contribution is -2.10. The fraction of sp³-hybridized carbons (Fsp3) is 0.0769. The summed E-state index contributed by atoms with van der Waals surface area (Å²) in [4.78, 5) is 14.7. The number of rotatable bonds is 3. The molecule has 104 valence electrons. The minimum atomic E-state index is -4.53. The van der Waals surface area contributed by atoms with Crippen LogP contribution in [0.1, 0.15) is 15.9 Å². The average molecular weight is 282 g/mol. The van der Waals surface area contributed by atoms with Gasteiger partial charge in [-0.05, 0) is 18.2 Å². The molecule has 0 spiro atoms. The van der Waals surface area contributed by atoms with Crippen molar-refractivity contribution in [2.45, 2.75) is 6.18 Å². The Balaban J connectivity index is 2.44. The van der Waals surface area contributed by atoms with Gasteiger partial charge in [-0.3, -0.25) is 4.98 Å². The highest BCUT2D eigenvalue weighted by molar-refractivity contribution is 5.94. The molecule has 0 amide bonds. The van der Waals surface area contributed by atoms with Crippen molar-refractivity contribution in [2.75, 3.05) is 5.32 Å². The van der Waals surface area contributed by atoms with Crippen molar-refractivity contribution in [2.24, 2.45) is 0 Å². The van der Waals surface area contributed by atoms with Gasteiger partial charge in [-0.1, -0.05) is 12.1 Å². The van der Waals surface area contributed by atoms with Crippen LogP contribution in [-0.2, 0) is 6.18 Å². The van der Waals surface area contributed by atoms with Gasteiger partial charge in [0.1, 0.15) is 0 Å². The van der Waals surface area contributed by atoms with E-state index in [2.05, 4.69) is 10.3 Å². The average Bonchev–Trinajstić information content (AvgIpc) is 2.38. The number of benzene rings is 1. The van der Waals surface area contributed by atoms with Gasteiger partial charge in [-0.25, -0.2) is 4.79 Å². The molecule has 0 aliphatic rings. The fourth-order valence-corrected chi connectivity index (χ4v) is 1.66. The van der Waals surface area contributed by atoms with Crippen LogP contribution in [0.15, 0.2) is 42.7 Å². The minimum absolute atomic E-state index is 0.00306. The summed E-state index contributed by atoms with van der Waals surface area (Å²) in [6, 6.07) is 6.03. The SMILES string of the molecule is O=C(O)c1ccncc1Nc1ccccc1C(F)(F)F. The lowest BCUT2D eigenvalue weighted by molar-refractivity contribution is -0.136. The van der Waals surface area contributed by atoms with E-state index in [4.69, 9.17) is 5.11 Å². The lowest BCUT2D eigenvalue weighted by atomic mass is 10.1. The molecule has 2 rings (SSSR count). The number of halogens is 3. The summed E-state index contributed by atoms with van der Waals surface area (Å²) in [7, 11) is 0. The number of hydrogen-bond acceptors (Lipinski definition) is 3. The molecular formula is C13H9F3N2O2. The molecule has 0 radical (unpaired) electrons. The van der Waals surface area contributed by atoms with Crippen LogP contribution in [0.3, 0.4) is 0 Å². The van der Waals surface area contributed by atoms with Gasteiger partial charge in [0, 0.05) is 6.20 Å². The first-order chi connectivity index (χ1) is 9.39. The number of aromatic carboxylic acids is 1. The zero-order valence-corrected chi connectivity index (χ0v) is 9.98. The third-order valence-corrected chi connectivity index (χ3v) is 2.55. The van der Waals surface area contributed by atoms with Crippen molar-refractivity contribution < 1.29 is 23.1 Å². The summed E-state index contributed by atoms with van der Waals surface area (Å²) < 4.78 is 38.5. The van der Waals surface area contributed by atoms with Gasteiger partial charge in [0.25, 0.3) is 0 Å². The standard InChI is InChI=1S/C13H9F3N2O2/c14-13(15,16)9-3-1-2-4-10(9)18-11-7-17-6-5-8(11)12(19)20/h1-7,18H,(H,19,20). The summed E-state index contributed by atoms with van der Waals surface area (Å²) in [5.74, 6) is -1.25. The first-order valence-electron chi connectivity index (χ1n) is 5.50. The normalized spacial score (nSPS) is 11.2. The number of hydrogen-bond donors (Lipinski definition) is 2. The van der Waals surface area contributed by atoms with Crippen molar-refractivity contribution in [1.82, 2.24) is 4.98 Å². The molecule has 0 atom stereocenters. The van der Waals surface area contributed by atoms with Crippen LogP contribution >= 0.6 is 0 Å². The minimum Gasteiger partial charge on any atom is -0.478 e. The van der Waals surface area contributed by atoms with Gasteiger partial charge in [0.15, 0.2) is 0 Å². The van der Waals surface area contributed by atoms with Crippen LogP contribution in [0.4, 0.5) is 24.5 Å². The zero-order chi connectivity index (χ0) is 14.8. The van der Waals surface area contributed by atoms with E-state index in [9.17, 15) is 18.0 Å². The monoisotopic (exact) mass is 282 g/mol. The molecule has 0 aliphatic carbocycles. The maximum absolute atomic E-state index is 12.8. The first kappa shape index (κ1) is 13.9. The Bertz CT molecular complexity index is 642. The highest BCUT2D eigenvalue weighted by Gasteiger charge is 2.33. The first-order valence-corrected chi connectivity index (χ1v) is 5.50. The number of anilines is 2. The molecular weight excluding hydrogens is 273 g/mol. The van der Waals surface area contributed by atoms with Crippen molar-refractivity contribution in [3.63, 3.8) is 0 Å². The number of nitrogens with zero attached hydrogens (tertiary/aromatic N) is 1. The molecule has 4 nitrogen and oxygen atoms in total. The van der Waals surface area contributed by atoms with Crippen molar-refractivity contribution in [1.29, 1.82) is 0 Å². The van der Waals surface area contributed by atoms with Crippen molar-refractivity contribution in [3.05, 3.63) is 53.9 Å². The smallest absolute Gasteiger partial charge is 0.418 e. The second-order valence-corrected chi connectivity index (χ2v) is 3.89. The third-order valence-electron chi connectivity index (χ3n) is 2.55. The Morgan fingerprint density at radius 2 is 1.85 bits per heavy atom. The van der Waals surface area contributed by atoms with Crippen LogP contribution < -0.4 is 5.32 Å². The van der Waals surface area contributed by atoms with Gasteiger partial charge in [0.05, 0.1) is 28.7 Å². The molecule has 1 aromatic heterocycles. The summed E-state index contributed by atoms with van der Waals surface area (Å²) >= 11 is 0. The summed E-state index contributed by atoms with van der Waals surface area (Å²) in [5.41, 5.74) is -1.26. The van der Waals surface area contributed by atoms with Crippen LogP contribution in [0.5, 0.6) is 0 Å². The number of carboxylic acid groups (broad SMARTS) is 1. The predicted octanol–water partition coefficient (Wildman–Crippen LogP) is 3.54. The summed E-state index contributed by atoms with van der Waals surface area (Å²) in [6.45, 7) is 0. The molecule has 0 aliphatic heterocycles. The molecule has 0 unspecified atom stereocenters. The molecule has 0 bridgehead atoms. The number of para-hydroxylation sites is 1. The van der Waals surface area contributed by atoms with Crippen LogP contribution in [0, 0.1) is 0 Å². The van der Waals surface area contributed by atoms with Gasteiger partial charge in [-0.15, -0.1) is 0 Å². The molecule has 0 saturated heterocycles. The highest BCUT2D eigenvalue weighted by Crippen LogP contribution is 2.36. The number of alkyl halides is 3. The van der Waals surface area contributed by atoms with E-state index in [0.717, 1.165) is 12.3 Å². The molecule has 20 heavy (non-hydrogen) atoms. The van der Waals surface area contributed by atoms with Gasteiger partial charge < -0.3 is 10.4 Å². The Morgan fingerprint density at radius 3 is 2.50 bits per heavy atom. The van der Waals surface area contributed by atoms with Gasteiger partial charge >= 0.3 is 12.1 Å². The third kappa shape index (κ3) is 2.87. The quantitative estimate of drug-likeness (QED) is 0.903. The summed E-state index contributed by atoms with van der Waals surface area (Å²) in [5, 5.41) is 11.4. The molecule has 1 heterocycles. The molecule has 7 heteroatoms. The van der Waals surface area contributed by atoms with Crippen LogP contribution in [0.2, 0.25) is 0 Å². The van der Waals surface area contributed by atoms with E-state index in [1.54, 1.807) is 0 Å². The number of carbonyl (C=O) groups is 1. The van der Waals surface area contributed by atoms with Crippen LogP contribution in [0.25, 0.3) is 0 Å². The van der Waals surface area contributed by atoms with Gasteiger partial charge in [0.2, 0.25) is 0 Å². The molecule has 1 aromatic carbocycles. The molecule has 2 N–H and O–H groups in total.